The molecule has 3 N–H and O–H groups in total. The lowest BCUT2D eigenvalue weighted by Gasteiger charge is -2.24. The maximum Gasteiger partial charge on any atom is 0.335 e. The first-order valence-electron chi connectivity index (χ1n) is 7.29. The number of benzene rings is 2. The molecule has 120 valence electrons. The first kappa shape index (κ1) is 15.7. The molecule has 1 heterocycles. The first-order valence-corrected chi connectivity index (χ1v) is 7.29. The number of carboxylic acid groups (broad SMARTS) is 1. The second-order valence-electron chi connectivity index (χ2n) is 6.06. The Morgan fingerprint density at radius 3 is 2.67 bits per heavy atom. The number of hydrogen-bond donors (Lipinski definition) is 3. The number of nitrogens with one attached hydrogen (secondary N) is 1. The van der Waals surface area contributed by atoms with Gasteiger partial charge in [-0.2, -0.15) is 5.26 Å². The van der Waals surface area contributed by atoms with Crippen molar-refractivity contribution in [1.82, 2.24) is 9.97 Å². The Morgan fingerprint density at radius 1 is 1.29 bits per heavy atom. The molecule has 0 aliphatic rings. The van der Waals surface area contributed by atoms with E-state index in [0.29, 0.717) is 22.2 Å². The molecule has 0 saturated heterocycles. The number of carboxylic acids is 1. The molecular weight excluding hydrogens is 306 g/mol. The van der Waals surface area contributed by atoms with Gasteiger partial charge in [-0.15, -0.1) is 0 Å². The summed E-state index contributed by atoms with van der Waals surface area (Å²) in [6.07, 6.45) is 1.57. The minimum Gasteiger partial charge on any atom is -0.478 e. The van der Waals surface area contributed by atoms with Gasteiger partial charge >= 0.3 is 5.97 Å². The summed E-state index contributed by atoms with van der Waals surface area (Å²) < 4.78 is 0. The average molecular weight is 321 g/mol. The Hall–Kier alpha value is -3.17. The summed E-state index contributed by atoms with van der Waals surface area (Å²) in [4.78, 5) is 18.6. The number of aromatic carboxylic acids is 1. The van der Waals surface area contributed by atoms with Crippen molar-refractivity contribution in [2.24, 2.45) is 0 Å². The van der Waals surface area contributed by atoms with E-state index in [1.165, 1.54) is 12.1 Å². The highest BCUT2D eigenvalue weighted by atomic mass is 16.4. The van der Waals surface area contributed by atoms with Crippen molar-refractivity contribution < 1.29 is 15.0 Å². The van der Waals surface area contributed by atoms with Gasteiger partial charge in [-0.3, -0.25) is 0 Å². The van der Waals surface area contributed by atoms with Crippen LogP contribution in [0.15, 0.2) is 36.7 Å². The highest BCUT2D eigenvalue weighted by molar-refractivity contribution is 5.92. The van der Waals surface area contributed by atoms with E-state index >= 15 is 0 Å². The van der Waals surface area contributed by atoms with Crippen molar-refractivity contribution in [3.8, 4) is 17.2 Å². The lowest BCUT2D eigenvalue weighted by molar-refractivity contribution is 0.0692. The van der Waals surface area contributed by atoms with Crippen LogP contribution < -0.4 is 0 Å². The number of imidazole rings is 1. The molecule has 0 aliphatic heterocycles. The molecule has 0 fully saturated rings. The summed E-state index contributed by atoms with van der Waals surface area (Å²) in [5, 5.41) is 29.3. The molecule has 0 saturated carbocycles. The number of fused-ring (bicyclic) bond motifs is 1. The molecule has 0 aliphatic carbocycles. The molecule has 2 aromatic carbocycles. The SMILES string of the molecule is CC(C)(O)c1c(C#N)cc(C(=O)O)cc1-c1ccc2[nH]cnc2c1. The molecule has 0 spiro atoms. The predicted octanol–water partition coefficient (Wildman–Crippen LogP) is 3.03. The van der Waals surface area contributed by atoms with Gasteiger partial charge < -0.3 is 15.2 Å². The number of aromatic amines is 1. The van der Waals surface area contributed by atoms with E-state index in [9.17, 15) is 20.3 Å². The lowest BCUT2D eigenvalue weighted by Crippen LogP contribution is -2.19. The van der Waals surface area contributed by atoms with Crippen LogP contribution in [0.3, 0.4) is 0 Å². The van der Waals surface area contributed by atoms with Gasteiger partial charge in [0.05, 0.1) is 40.2 Å². The van der Waals surface area contributed by atoms with Gasteiger partial charge in [0.15, 0.2) is 0 Å². The van der Waals surface area contributed by atoms with E-state index in [-0.39, 0.29) is 11.1 Å². The standard InChI is InChI=1S/C18H15N3O3/c1-18(2,24)16-12(8-19)5-11(17(22)23)6-13(16)10-3-4-14-15(7-10)21-9-20-14/h3-7,9,24H,1-2H3,(H,20,21)(H,22,23). The van der Waals surface area contributed by atoms with Crippen LogP contribution in [0.1, 0.15) is 35.3 Å². The van der Waals surface area contributed by atoms with E-state index in [0.717, 1.165) is 5.52 Å². The molecule has 6 nitrogen and oxygen atoms in total. The maximum atomic E-state index is 11.4. The Balaban J connectivity index is 2.37. The first-order chi connectivity index (χ1) is 11.3. The number of aromatic nitrogens is 2. The van der Waals surface area contributed by atoms with Crippen LogP contribution in [0.25, 0.3) is 22.2 Å². The summed E-state index contributed by atoms with van der Waals surface area (Å²) in [5.41, 5.74) is 1.97. The molecule has 0 atom stereocenters. The molecule has 0 unspecified atom stereocenters. The van der Waals surface area contributed by atoms with Crippen LogP contribution in [0.5, 0.6) is 0 Å². The fourth-order valence-electron chi connectivity index (χ4n) is 2.84. The number of hydrogen-bond acceptors (Lipinski definition) is 4. The van der Waals surface area contributed by atoms with Crippen molar-refractivity contribution in [3.05, 3.63) is 53.3 Å². The fourth-order valence-corrected chi connectivity index (χ4v) is 2.84. The monoisotopic (exact) mass is 321 g/mol. The Bertz CT molecular complexity index is 991. The second kappa shape index (κ2) is 5.48. The van der Waals surface area contributed by atoms with E-state index in [1.54, 1.807) is 32.3 Å². The lowest BCUT2D eigenvalue weighted by atomic mass is 9.84. The van der Waals surface area contributed by atoms with Gasteiger partial charge in [-0.1, -0.05) is 6.07 Å². The summed E-state index contributed by atoms with van der Waals surface area (Å²) in [6, 6.07) is 10.2. The normalized spacial score (nSPS) is 11.4. The third-order valence-electron chi connectivity index (χ3n) is 3.85. The number of aliphatic hydroxyl groups is 1. The average Bonchev–Trinajstić information content (AvgIpc) is 3.00. The van der Waals surface area contributed by atoms with Crippen LogP contribution in [0.4, 0.5) is 0 Å². The Labute approximate surface area is 138 Å². The van der Waals surface area contributed by atoms with E-state index in [4.69, 9.17) is 0 Å². The quantitative estimate of drug-likeness (QED) is 0.687. The smallest absolute Gasteiger partial charge is 0.335 e. The van der Waals surface area contributed by atoms with Crippen LogP contribution in [0, 0.1) is 11.3 Å². The molecule has 1 aromatic heterocycles. The maximum absolute atomic E-state index is 11.4. The van der Waals surface area contributed by atoms with E-state index in [2.05, 4.69) is 9.97 Å². The van der Waals surface area contributed by atoms with Crippen LogP contribution in [-0.2, 0) is 5.60 Å². The van der Waals surface area contributed by atoms with E-state index < -0.39 is 11.6 Å². The number of rotatable bonds is 3. The van der Waals surface area contributed by atoms with Gasteiger partial charge in [0.25, 0.3) is 0 Å². The van der Waals surface area contributed by atoms with Crippen molar-refractivity contribution in [3.63, 3.8) is 0 Å². The second-order valence-corrected chi connectivity index (χ2v) is 6.06. The van der Waals surface area contributed by atoms with Crippen LogP contribution >= 0.6 is 0 Å². The van der Waals surface area contributed by atoms with Gasteiger partial charge in [0, 0.05) is 5.56 Å². The van der Waals surface area contributed by atoms with Gasteiger partial charge in [-0.25, -0.2) is 9.78 Å². The zero-order chi connectivity index (χ0) is 17.5. The molecule has 0 bridgehead atoms. The molecule has 24 heavy (non-hydrogen) atoms. The zero-order valence-corrected chi connectivity index (χ0v) is 13.2. The Morgan fingerprint density at radius 2 is 2.04 bits per heavy atom. The van der Waals surface area contributed by atoms with Gasteiger partial charge in [0.1, 0.15) is 0 Å². The van der Waals surface area contributed by atoms with E-state index in [1.807, 2.05) is 12.1 Å². The van der Waals surface area contributed by atoms with Crippen molar-refractivity contribution in [1.29, 1.82) is 5.26 Å². The summed E-state index contributed by atoms with van der Waals surface area (Å²) in [6.45, 7) is 3.14. The molecule has 6 heteroatoms. The van der Waals surface area contributed by atoms with Crippen LogP contribution in [0.2, 0.25) is 0 Å². The molecular formula is C18H15N3O3. The molecule has 0 amide bonds. The van der Waals surface area contributed by atoms with Crippen molar-refractivity contribution in [2.45, 2.75) is 19.4 Å². The minimum absolute atomic E-state index is 0.00308. The van der Waals surface area contributed by atoms with Gasteiger partial charge in [-0.05, 0) is 49.2 Å². The van der Waals surface area contributed by atoms with Gasteiger partial charge in [0.2, 0.25) is 0 Å². The molecule has 3 aromatic rings. The van der Waals surface area contributed by atoms with Crippen molar-refractivity contribution in [2.75, 3.05) is 0 Å². The van der Waals surface area contributed by atoms with Crippen molar-refractivity contribution >= 4 is 17.0 Å². The topological polar surface area (TPSA) is 110 Å². The fraction of sp³-hybridized carbons (Fsp3) is 0.167. The van der Waals surface area contributed by atoms with Crippen LogP contribution in [-0.4, -0.2) is 26.2 Å². The molecule has 0 radical (unpaired) electrons. The highest BCUT2D eigenvalue weighted by Crippen LogP contribution is 2.36. The molecule has 3 rings (SSSR count). The third kappa shape index (κ3) is 2.62. The number of nitriles is 1. The summed E-state index contributed by atoms with van der Waals surface area (Å²) in [7, 11) is 0. The predicted molar refractivity (Wildman–Crippen MR) is 88.4 cm³/mol. The number of H-pyrrole nitrogens is 1. The third-order valence-corrected chi connectivity index (χ3v) is 3.85. The summed E-state index contributed by atoms with van der Waals surface area (Å²) >= 11 is 0. The minimum atomic E-state index is -1.31. The zero-order valence-electron chi connectivity index (χ0n) is 13.2. The highest BCUT2D eigenvalue weighted by Gasteiger charge is 2.26. The Kier molecular flexibility index (Phi) is 3.59. The summed E-state index contributed by atoms with van der Waals surface area (Å²) in [5.74, 6) is -1.13. The number of carbonyl (C=O) groups is 1. The number of nitrogens with zero attached hydrogens (tertiary/aromatic N) is 2. The largest absolute Gasteiger partial charge is 0.478 e.